The van der Waals surface area contributed by atoms with Gasteiger partial charge in [0.2, 0.25) is 0 Å². The van der Waals surface area contributed by atoms with E-state index in [1.54, 1.807) is 16.3 Å². The lowest BCUT2D eigenvalue weighted by atomic mass is 9.76. The fraction of sp³-hybridized carbons (Fsp3) is 0.562. The second-order valence-electron chi connectivity index (χ2n) is 13.8. The first-order valence-corrected chi connectivity index (χ1v) is 16.7. The molecule has 33 heavy (non-hydrogen) atoms. The molecule has 0 aromatic heterocycles. The lowest BCUT2D eigenvalue weighted by Gasteiger charge is -2.28. The van der Waals surface area contributed by atoms with Crippen LogP contribution in [0.25, 0.3) is 11.1 Å². The minimum atomic E-state index is -1.20. The summed E-state index contributed by atoms with van der Waals surface area (Å²) in [5, 5.41) is 1.80. The van der Waals surface area contributed by atoms with Crippen molar-refractivity contribution in [3.05, 3.63) is 69.4 Å². The largest absolute Gasteiger partial charge is 0.0854 e. The van der Waals surface area contributed by atoms with Crippen molar-refractivity contribution in [2.24, 2.45) is 5.92 Å². The second kappa shape index (κ2) is 8.26. The van der Waals surface area contributed by atoms with Crippen LogP contribution in [0.5, 0.6) is 0 Å². The maximum atomic E-state index is 2.72. The van der Waals surface area contributed by atoms with Gasteiger partial charge >= 0.3 is 0 Å². The number of hydrogen-bond donors (Lipinski definition) is 0. The Labute approximate surface area is 204 Å². The summed E-state index contributed by atoms with van der Waals surface area (Å²) in [4.78, 5) is 0. The molecule has 0 bridgehead atoms. The molecule has 0 N–H and O–H groups in total. The Morgan fingerprint density at radius 3 is 2.06 bits per heavy atom. The van der Waals surface area contributed by atoms with Crippen LogP contribution in [-0.4, -0.2) is 8.07 Å². The summed E-state index contributed by atoms with van der Waals surface area (Å²) in [6.07, 6.45) is 7.71. The van der Waals surface area contributed by atoms with Crippen LogP contribution >= 0.6 is 0 Å². The van der Waals surface area contributed by atoms with Gasteiger partial charge in [0.15, 0.2) is 0 Å². The molecule has 0 aliphatic heterocycles. The van der Waals surface area contributed by atoms with Gasteiger partial charge in [-0.2, -0.15) is 0 Å². The van der Waals surface area contributed by atoms with E-state index in [1.807, 2.05) is 0 Å². The zero-order valence-corrected chi connectivity index (χ0v) is 23.9. The quantitative estimate of drug-likeness (QED) is 0.341. The molecule has 2 aliphatic rings. The first kappa shape index (κ1) is 24.5. The number of fused-ring (bicyclic) bond motifs is 3. The molecular formula is C32H46Si. The molecule has 178 valence electrons. The Morgan fingerprint density at radius 2 is 1.52 bits per heavy atom. The van der Waals surface area contributed by atoms with Crippen LogP contribution in [0.1, 0.15) is 101 Å². The highest BCUT2D eigenvalue weighted by Crippen LogP contribution is 2.48. The lowest BCUT2D eigenvalue weighted by Crippen LogP contribution is -2.22. The fourth-order valence-corrected chi connectivity index (χ4v) is 7.59. The standard InChI is InChI=1S/C32H46Si/c1-11-26(21-13-15-25(16-21)33(8,9)10)29-19-24(32(5,6)7)20-30-27-18-23(31(2,3)4)14-12-22(27)17-28(29)30/h12,14,16,18-21,26H,11,13,15,17H2,1-10H3. The summed E-state index contributed by atoms with van der Waals surface area (Å²) in [6, 6.07) is 12.4. The van der Waals surface area contributed by atoms with Gasteiger partial charge in [-0.25, -0.2) is 0 Å². The van der Waals surface area contributed by atoms with E-state index in [4.69, 9.17) is 0 Å². The fourth-order valence-electron chi connectivity index (χ4n) is 5.98. The van der Waals surface area contributed by atoms with Gasteiger partial charge in [0, 0.05) is 0 Å². The monoisotopic (exact) mass is 458 g/mol. The van der Waals surface area contributed by atoms with Crippen molar-refractivity contribution >= 4 is 8.07 Å². The second-order valence-corrected chi connectivity index (χ2v) is 18.9. The topological polar surface area (TPSA) is 0 Å². The van der Waals surface area contributed by atoms with Crippen molar-refractivity contribution < 1.29 is 0 Å². The zero-order valence-electron chi connectivity index (χ0n) is 22.9. The molecule has 0 heterocycles. The molecule has 2 aliphatic carbocycles. The van der Waals surface area contributed by atoms with Crippen LogP contribution in [0.15, 0.2) is 41.6 Å². The molecule has 0 radical (unpaired) electrons. The van der Waals surface area contributed by atoms with Crippen LogP contribution < -0.4 is 0 Å². The lowest BCUT2D eigenvalue weighted by molar-refractivity contribution is 0.481. The number of rotatable bonds is 4. The smallest absolute Gasteiger partial charge is 0.0720 e. The van der Waals surface area contributed by atoms with Crippen molar-refractivity contribution in [1.82, 2.24) is 0 Å². The number of benzene rings is 2. The van der Waals surface area contributed by atoms with Crippen molar-refractivity contribution in [2.45, 2.75) is 111 Å². The molecule has 2 unspecified atom stereocenters. The van der Waals surface area contributed by atoms with Gasteiger partial charge < -0.3 is 0 Å². The summed E-state index contributed by atoms with van der Waals surface area (Å²) < 4.78 is 0. The summed E-state index contributed by atoms with van der Waals surface area (Å²) in [5.74, 6) is 1.33. The van der Waals surface area contributed by atoms with Crippen LogP contribution in [0.3, 0.4) is 0 Å². The SMILES string of the molecule is CCC(c1cc(C(C)(C)C)cc2c1Cc1ccc(C(C)(C)C)cc1-2)C1C=C([Si](C)(C)C)CC1. The zero-order chi connectivity index (χ0) is 24.3. The Morgan fingerprint density at radius 1 is 0.879 bits per heavy atom. The highest BCUT2D eigenvalue weighted by molar-refractivity contribution is 6.83. The normalized spacial score (nSPS) is 19.3. The first-order chi connectivity index (χ1) is 15.2. The molecule has 2 aromatic carbocycles. The van der Waals surface area contributed by atoms with E-state index in [0.29, 0.717) is 11.8 Å². The van der Waals surface area contributed by atoms with E-state index < -0.39 is 8.07 Å². The average Bonchev–Trinajstić information content (AvgIpc) is 3.31. The average molecular weight is 459 g/mol. The van der Waals surface area contributed by atoms with E-state index in [-0.39, 0.29) is 10.8 Å². The predicted octanol–water partition coefficient (Wildman–Crippen LogP) is 9.56. The maximum Gasteiger partial charge on any atom is 0.0720 e. The van der Waals surface area contributed by atoms with Crippen LogP contribution in [0.4, 0.5) is 0 Å². The first-order valence-electron chi connectivity index (χ1n) is 13.2. The maximum absolute atomic E-state index is 2.72. The van der Waals surface area contributed by atoms with E-state index in [2.05, 4.69) is 105 Å². The van der Waals surface area contributed by atoms with Gasteiger partial charge in [-0.05, 0) is 87.3 Å². The number of hydrogen-bond acceptors (Lipinski definition) is 0. The minimum absolute atomic E-state index is 0.154. The van der Waals surface area contributed by atoms with Crippen molar-refractivity contribution in [3.8, 4) is 11.1 Å². The van der Waals surface area contributed by atoms with Crippen molar-refractivity contribution in [1.29, 1.82) is 0 Å². The highest BCUT2D eigenvalue weighted by Gasteiger charge is 2.34. The van der Waals surface area contributed by atoms with Gasteiger partial charge in [0.05, 0.1) is 8.07 Å². The van der Waals surface area contributed by atoms with E-state index in [9.17, 15) is 0 Å². The third-order valence-electron chi connectivity index (χ3n) is 8.27. The minimum Gasteiger partial charge on any atom is -0.0854 e. The molecule has 1 heteroatoms. The molecule has 0 saturated carbocycles. The molecule has 0 fully saturated rings. The van der Waals surface area contributed by atoms with Crippen molar-refractivity contribution in [2.75, 3.05) is 0 Å². The molecule has 0 saturated heterocycles. The van der Waals surface area contributed by atoms with E-state index >= 15 is 0 Å². The Bertz CT molecular complexity index is 1080. The van der Waals surface area contributed by atoms with Crippen LogP contribution in [0, 0.1) is 5.92 Å². The van der Waals surface area contributed by atoms with Gasteiger partial charge in [-0.1, -0.05) is 110 Å². The summed E-state index contributed by atoms with van der Waals surface area (Å²) in [5.41, 5.74) is 11.1. The van der Waals surface area contributed by atoms with Crippen LogP contribution in [0.2, 0.25) is 19.6 Å². The third kappa shape index (κ3) is 4.68. The molecule has 0 amide bonds. The van der Waals surface area contributed by atoms with Gasteiger partial charge in [-0.3, -0.25) is 0 Å². The Balaban J connectivity index is 1.87. The molecule has 0 spiro atoms. The summed E-state index contributed by atoms with van der Waals surface area (Å²) in [6.45, 7) is 24.1. The molecule has 4 rings (SSSR count). The van der Waals surface area contributed by atoms with E-state index in [0.717, 1.165) is 6.42 Å². The van der Waals surface area contributed by atoms with Gasteiger partial charge in [0.1, 0.15) is 0 Å². The molecular weight excluding hydrogens is 412 g/mol. The van der Waals surface area contributed by atoms with Crippen molar-refractivity contribution in [3.63, 3.8) is 0 Å². The molecule has 2 aromatic rings. The van der Waals surface area contributed by atoms with Crippen LogP contribution in [-0.2, 0) is 17.3 Å². The van der Waals surface area contributed by atoms with E-state index in [1.165, 1.54) is 47.1 Å². The molecule has 2 atom stereocenters. The van der Waals surface area contributed by atoms with Gasteiger partial charge in [0.25, 0.3) is 0 Å². The third-order valence-corrected chi connectivity index (χ3v) is 10.6. The summed E-state index contributed by atoms with van der Waals surface area (Å²) >= 11 is 0. The summed E-state index contributed by atoms with van der Waals surface area (Å²) in [7, 11) is -1.20. The Kier molecular flexibility index (Phi) is 6.14. The highest BCUT2D eigenvalue weighted by atomic mass is 28.3. The Hall–Kier alpha value is -1.60. The predicted molar refractivity (Wildman–Crippen MR) is 149 cm³/mol. The molecule has 0 nitrogen and oxygen atoms in total. The van der Waals surface area contributed by atoms with Gasteiger partial charge in [-0.15, -0.1) is 0 Å². The number of allylic oxidation sites excluding steroid dienone is 2.